The second-order valence-corrected chi connectivity index (χ2v) is 2.70. The smallest absolute Gasteiger partial charge is 0.166 e. The number of aromatic hydroxyl groups is 1. The fourth-order valence-electron chi connectivity index (χ4n) is 1.06. The van der Waals surface area contributed by atoms with Crippen LogP contribution in [0.3, 0.4) is 0 Å². The number of Topliss-reactive ketones (excluding diaryl/α,β-unsaturated/α-hetero) is 1. The average Bonchev–Trinajstić information content (AvgIpc) is 2.10. The molecule has 0 aromatic heterocycles. The van der Waals surface area contributed by atoms with Crippen LogP contribution in [0.2, 0.25) is 0 Å². The molecule has 0 radical (unpaired) electrons. The highest BCUT2D eigenvalue weighted by Gasteiger charge is 2.10. The number of nitrogens with two attached hydrogens (primary N) is 2. The number of halogens is 1. The standard InChI is InChI=1S/C9H12N2O2.ClH/c10-5-4-7(12)6-2-1-3-8(13)9(6)11;/h1-3,13H,4-5,10-11H2;1H. The number of phenols is 1. The highest BCUT2D eigenvalue weighted by Crippen LogP contribution is 2.24. The van der Waals surface area contributed by atoms with Gasteiger partial charge in [0.15, 0.2) is 5.78 Å². The highest BCUT2D eigenvalue weighted by molar-refractivity contribution is 6.01. The fraction of sp³-hybridized carbons (Fsp3) is 0.222. The van der Waals surface area contributed by atoms with Crippen LogP contribution in [-0.2, 0) is 0 Å². The number of ketones is 1. The Morgan fingerprint density at radius 2 is 2.07 bits per heavy atom. The van der Waals surface area contributed by atoms with Crippen LogP contribution in [0.15, 0.2) is 18.2 Å². The molecule has 0 spiro atoms. The maximum atomic E-state index is 11.3. The molecule has 1 aromatic rings. The number of nitrogen functional groups attached to an aromatic ring is 1. The summed E-state index contributed by atoms with van der Waals surface area (Å²) in [5.41, 5.74) is 11.2. The minimum Gasteiger partial charge on any atom is -0.506 e. The van der Waals surface area contributed by atoms with Crippen LogP contribution < -0.4 is 11.5 Å². The zero-order valence-electron chi connectivity index (χ0n) is 7.56. The average molecular weight is 217 g/mol. The van der Waals surface area contributed by atoms with Crippen molar-refractivity contribution in [3.05, 3.63) is 23.8 Å². The number of anilines is 1. The summed E-state index contributed by atoms with van der Waals surface area (Å²) in [5, 5.41) is 9.21. The van der Waals surface area contributed by atoms with Crippen molar-refractivity contribution in [2.75, 3.05) is 12.3 Å². The molecule has 5 heteroatoms. The molecule has 0 atom stereocenters. The third-order valence-electron chi connectivity index (χ3n) is 1.75. The molecule has 0 aliphatic rings. The molecule has 0 aliphatic carbocycles. The van der Waals surface area contributed by atoms with Crippen molar-refractivity contribution in [1.82, 2.24) is 0 Å². The van der Waals surface area contributed by atoms with E-state index >= 15 is 0 Å². The summed E-state index contributed by atoms with van der Waals surface area (Å²) in [6, 6.07) is 4.59. The Morgan fingerprint density at radius 3 is 2.64 bits per heavy atom. The van der Waals surface area contributed by atoms with E-state index in [9.17, 15) is 9.90 Å². The van der Waals surface area contributed by atoms with Crippen LogP contribution in [0.5, 0.6) is 5.75 Å². The molecular formula is C9H13ClN2O2. The predicted molar refractivity (Wildman–Crippen MR) is 57.8 cm³/mol. The summed E-state index contributed by atoms with van der Waals surface area (Å²) in [6.45, 7) is 0.286. The van der Waals surface area contributed by atoms with Crippen molar-refractivity contribution >= 4 is 23.9 Å². The summed E-state index contributed by atoms with van der Waals surface area (Å²) in [6.07, 6.45) is 0.244. The van der Waals surface area contributed by atoms with E-state index in [2.05, 4.69) is 0 Å². The second-order valence-electron chi connectivity index (χ2n) is 2.70. The monoisotopic (exact) mass is 216 g/mol. The summed E-state index contributed by atoms with van der Waals surface area (Å²) in [7, 11) is 0. The van der Waals surface area contributed by atoms with Crippen molar-refractivity contribution in [3.8, 4) is 5.75 Å². The largest absolute Gasteiger partial charge is 0.506 e. The van der Waals surface area contributed by atoms with Crippen LogP contribution >= 0.6 is 12.4 Å². The molecule has 1 rings (SSSR count). The molecule has 0 heterocycles. The van der Waals surface area contributed by atoms with Crippen LogP contribution in [0.1, 0.15) is 16.8 Å². The lowest BCUT2D eigenvalue weighted by Crippen LogP contribution is -2.10. The van der Waals surface area contributed by atoms with E-state index < -0.39 is 0 Å². The maximum Gasteiger partial charge on any atom is 0.166 e. The number of rotatable bonds is 3. The minimum absolute atomic E-state index is 0. The molecule has 4 nitrogen and oxygen atoms in total. The molecule has 0 fully saturated rings. The van der Waals surface area contributed by atoms with Gasteiger partial charge in [-0.2, -0.15) is 0 Å². The van der Waals surface area contributed by atoms with Gasteiger partial charge < -0.3 is 16.6 Å². The normalized spacial score (nSPS) is 9.21. The lowest BCUT2D eigenvalue weighted by atomic mass is 10.1. The lowest BCUT2D eigenvalue weighted by molar-refractivity contribution is 0.0986. The molecule has 14 heavy (non-hydrogen) atoms. The van der Waals surface area contributed by atoms with E-state index in [0.29, 0.717) is 5.56 Å². The lowest BCUT2D eigenvalue weighted by Gasteiger charge is -2.04. The Labute approximate surface area is 88.3 Å². The molecule has 0 saturated carbocycles. The third kappa shape index (κ3) is 2.61. The maximum absolute atomic E-state index is 11.3. The first-order valence-corrected chi connectivity index (χ1v) is 3.97. The van der Waals surface area contributed by atoms with Crippen molar-refractivity contribution < 1.29 is 9.90 Å². The van der Waals surface area contributed by atoms with E-state index in [1.807, 2.05) is 0 Å². The number of hydrogen-bond acceptors (Lipinski definition) is 4. The van der Waals surface area contributed by atoms with Crippen molar-refractivity contribution in [3.63, 3.8) is 0 Å². The topological polar surface area (TPSA) is 89.3 Å². The van der Waals surface area contributed by atoms with E-state index in [-0.39, 0.29) is 42.6 Å². The highest BCUT2D eigenvalue weighted by atomic mass is 35.5. The number of para-hydroxylation sites is 1. The van der Waals surface area contributed by atoms with Gasteiger partial charge in [-0.3, -0.25) is 4.79 Å². The van der Waals surface area contributed by atoms with Crippen LogP contribution in [-0.4, -0.2) is 17.4 Å². The Hall–Kier alpha value is -1.26. The third-order valence-corrected chi connectivity index (χ3v) is 1.75. The van der Waals surface area contributed by atoms with Gasteiger partial charge in [-0.1, -0.05) is 6.07 Å². The predicted octanol–water partition coefficient (Wildman–Crippen LogP) is 0.928. The molecular weight excluding hydrogens is 204 g/mol. The first kappa shape index (κ1) is 12.7. The molecule has 0 aliphatic heterocycles. The van der Waals surface area contributed by atoms with E-state index in [1.54, 1.807) is 12.1 Å². The molecule has 0 unspecified atom stereocenters. The van der Waals surface area contributed by atoms with Crippen LogP contribution in [0.25, 0.3) is 0 Å². The van der Waals surface area contributed by atoms with Crippen molar-refractivity contribution in [2.45, 2.75) is 6.42 Å². The number of benzene rings is 1. The van der Waals surface area contributed by atoms with Gasteiger partial charge in [0.05, 0.1) is 5.69 Å². The van der Waals surface area contributed by atoms with Crippen LogP contribution in [0.4, 0.5) is 5.69 Å². The molecule has 0 saturated heterocycles. The summed E-state index contributed by atoms with van der Waals surface area (Å²) in [4.78, 5) is 11.3. The Morgan fingerprint density at radius 1 is 1.43 bits per heavy atom. The number of carbonyl (C=O) groups excluding carboxylic acids is 1. The zero-order valence-corrected chi connectivity index (χ0v) is 8.38. The molecule has 0 amide bonds. The Bertz CT molecular complexity index is 329. The van der Waals surface area contributed by atoms with Gasteiger partial charge in [0.1, 0.15) is 5.75 Å². The van der Waals surface area contributed by atoms with Gasteiger partial charge in [-0.05, 0) is 18.7 Å². The zero-order chi connectivity index (χ0) is 9.84. The second kappa shape index (κ2) is 5.47. The molecule has 0 bridgehead atoms. The number of hydrogen-bond donors (Lipinski definition) is 3. The van der Waals surface area contributed by atoms with Crippen molar-refractivity contribution in [2.24, 2.45) is 5.73 Å². The Kier molecular flexibility index (Phi) is 4.97. The first-order chi connectivity index (χ1) is 6.16. The van der Waals surface area contributed by atoms with Gasteiger partial charge in [0.25, 0.3) is 0 Å². The van der Waals surface area contributed by atoms with E-state index in [4.69, 9.17) is 11.5 Å². The van der Waals surface area contributed by atoms with E-state index in [0.717, 1.165) is 0 Å². The van der Waals surface area contributed by atoms with Gasteiger partial charge in [0, 0.05) is 12.0 Å². The van der Waals surface area contributed by atoms with E-state index in [1.165, 1.54) is 6.07 Å². The Balaban J connectivity index is 0.00000169. The summed E-state index contributed by atoms with van der Waals surface area (Å²) < 4.78 is 0. The molecule has 5 N–H and O–H groups in total. The summed E-state index contributed by atoms with van der Waals surface area (Å²) in [5.74, 6) is -0.209. The summed E-state index contributed by atoms with van der Waals surface area (Å²) >= 11 is 0. The minimum atomic E-state index is -0.143. The number of carbonyl (C=O) groups is 1. The van der Waals surface area contributed by atoms with Crippen molar-refractivity contribution in [1.29, 1.82) is 0 Å². The van der Waals surface area contributed by atoms with Gasteiger partial charge >= 0.3 is 0 Å². The molecule has 78 valence electrons. The quantitative estimate of drug-likeness (QED) is 0.398. The SMILES string of the molecule is Cl.NCCC(=O)c1cccc(O)c1N. The first-order valence-electron chi connectivity index (χ1n) is 3.97. The van der Waals surface area contributed by atoms with Gasteiger partial charge in [-0.25, -0.2) is 0 Å². The number of phenolic OH excluding ortho intramolecular Hbond substituents is 1. The fourth-order valence-corrected chi connectivity index (χ4v) is 1.06. The van der Waals surface area contributed by atoms with Crippen LogP contribution in [0, 0.1) is 0 Å². The van der Waals surface area contributed by atoms with Gasteiger partial charge in [0.2, 0.25) is 0 Å². The van der Waals surface area contributed by atoms with Gasteiger partial charge in [-0.15, -0.1) is 12.4 Å². The molecule has 1 aromatic carbocycles.